The molecule has 0 spiro atoms. The van der Waals surface area contributed by atoms with Gasteiger partial charge in [0, 0.05) is 12.8 Å². The smallest absolute Gasteiger partial charge is 0.241 e. The predicted octanol–water partition coefficient (Wildman–Crippen LogP) is 1.39. The highest BCUT2D eigenvalue weighted by Crippen LogP contribution is 2.15. The van der Waals surface area contributed by atoms with Crippen molar-refractivity contribution in [3.8, 4) is 5.75 Å². The summed E-state index contributed by atoms with van der Waals surface area (Å²) in [5.41, 5.74) is 6.34. The van der Waals surface area contributed by atoms with Crippen LogP contribution in [0.1, 0.15) is 13.3 Å². The molecule has 3 N–H and O–H groups in total. The largest absolute Gasteiger partial charge is 0.491 e. The van der Waals surface area contributed by atoms with E-state index in [1.165, 1.54) is 0 Å². The van der Waals surface area contributed by atoms with Crippen molar-refractivity contribution in [3.63, 3.8) is 0 Å². The molecular weight excluding hydrogens is 232 g/mol. The molecule has 0 heterocycles. The lowest BCUT2D eigenvalue weighted by Crippen LogP contribution is -2.34. The minimum atomic E-state index is -0.470. The SMILES string of the molecule is CCC(N)C(=O)Nc1ccc(OCCOC)cc1. The predicted molar refractivity (Wildman–Crippen MR) is 70.7 cm³/mol. The van der Waals surface area contributed by atoms with Crippen molar-refractivity contribution < 1.29 is 14.3 Å². The van der Waals surface area contributed by atoms with E-state index >= 15 is 0 Å². The van der Waals surface area contributed by atoms with E-state index in [0.717, 1.165) is 5.75 Å². The van der Waals surface area contributed by atoms with Crippen LogP contribution in [0.2, 0.25) is 0 Å². The first-order valence-corrected chi connectivity index (χ1v) is 5.95. The summed E-state index contributed by atoms with van der Waals surface area (Å²) in [6.45, 7) is 2.92. The molecule has 0 bridgehead atoms. The first-order chi connectivity index (χ1) is 8.67. The van der Waals surface area contributed by atoms with E-state index in [0.29, 0.717) is 25.3 Å². The van der Waals surface area contributed by atoms with Gasteiger partial charge < -0.3 is 20.5 Å². The van der Waals surface area contributed by atoms with Crippen LogP contribution < -0.4 is 15.8 Å². The lowest BCUT2D eigenvalue weighted by Gasteiger charge is -2.11. The van der Waals surface area contributed by atoms with Crippen molar-refractivity contribution in [3.05, 3.63) is 24.3 Å². The third kappa shape index (κ3) is 4.73. The Kier molecular flexibility index (Phi) is 6.18. The molecule has 1 amide bonds. The van der Waals surface area contributed by atoms with Gasteiger partial charge in [-0.3, -0.25) is 4.79 Å². The summed E-state index contributed by atoms with van der Waals surface area (Å²) in [7, 11) is 1.62. The van der Waals surface area contributed by atoms with E-state index in [1.54, 1.807) is 31.4 Å². The van der Waals surface area contributed by atoms with E-state index < -0.39 is 6.04 Å². The molecule has 0 aromatic heterocycles. The zero-order valence-electron chi connectivity index (χ0n) is 10.8. The Balaban J connectivity index is 2.47. The second-order valence-electron chi connectivity index (χ2n) is 3.87. The van der Waals surface area contributed by atoms with Crippen LogP contribution in [0.3, 0.4) is 0 Å². The van der Waals surface area contributed by atoms with E-state index in [9.17, 15) is 4.79 Å². The van der Waals surface area contributed by atoms with E-state index in [4.69, 9.17) is 15.2 Å². The maximum atomic E-state index is 11.6. The average Bonchev–Trinajstić information content (AvgIpc) is 2.40. The van der Waals surface area contributed by atoms with Crippen LogP contribution in [0, 0.1) is 0 Å². The van der Waals surface area contributed by atoms with Crippen LogP contribution in [-0.2, 0) is 9.53 Å². The third-order valence-corrected chi connectivity index (χ3v) is 2.45. The molecule has 100 valence electrons. The average molecular weight is 252 g/mol. The Morgan fingerprint density at radius 2 is 2.00 bits per heavy atom. The number of carbonyl (C=O) groups excluding carboxylic acids is 1. The van der Waals surface area contributed by atoms with Crippen LogP contribution in [0.4, 0.5) is 5.69 Å². The van der Waals surface area contributed by atoms with E-state index in [-0.39, 0.29) is 5.91 Å². The Bertz CT molecular complexity index is 365. The fraction of sp³-hybridized carbons (Fsp3) is 0.462. The second-order valence-corrected chi connectivity index (χ2v) is 3.87. The Hall–Kier alpha value is -1.59. The number of hydrogen-bond donors (Lipinski definition) is 2. The van der Waals surface area contributed by atoms with Gasteiger partial charge in [0.2, 0.25) is 5.91 Å². The highest BCUT2D eigenvalue weighted by Gasteiger charge is 2.10. The number of nitrogens with two attached hydrogens (primary N) is 1. The number of ether oxygens (including phenoxy) is 2. The van der Waals surface area contributed by atoms with Gasteiger partial charge in [0.25, 0.3) is 0 Å². The van der Waals surface area contributed by atoms with Gasteiger partial charge in [-0.15, -0.1) is 0 Å². The minimum Gasteiger partial charge on any atom is -0.491 e. The third-order valence-electron chi connectivity index (χ3n) is 2.45. The topological polar surface area (TPSA) is 73.6 Å². The Labute approximate surface area is 107 Å². The summed E-state index contributed by atoms with van der Waals surface area (Å²) in [6, 6.07) is 6.68. The van der Waals surface area contributed by atoms with Gasteiger partial charge in [-0.2, -0.15) is 0 Å². The molecular formula is C13H20N2O3. The first kappa shape index (κ1) is 14.5. The highest BCUT2D eigenvalue weighted by atomic mass is 16.5. The number of carbonyl (C=O) groups is 1. The summed E-state index contributed by atoms with van der Waals surface area (Å²) in [6.07, 6.45) is 0.615. The Morgan fingerprint density at radius 1 is 1.33 bits per heavy atom. The minimum absolute atomic E-state index is 0.175. The summed E-state index contributed by atoms with van der Waals surface area (Å²) < 4.78 is 10.3. The molecule has 0 saturated heterocycles. The molecule has 5 nitrogen and oxygen atoms in total. The maximum absolute atomic E-state index is 11.6. The fourth-order valence-corrected chi connectivity index (χ4v) is 1.30. The summed E-state index contributed by atoms with van der Waals surface area (Å²) >= 11 is 0. The van der Waals surface area contributed by atoms with Crippen molar-refractivity contribution in [2.45, 2.75) is 19.4 Å². The molecule has 0 saturated carbocycles. The fourth-order valence-electron chi connectivity index (χ4n) is 1.30. The monoisotopic (exact) mass is 252 g/mol. The van der Waals surface area contributed by atoms with Gasteiger partial charge in [-0.05, 0) is 30.7 Å². The molecule has 1 rings (SSSR count). The van der Waals surface area contributed by atoms with Crippen molar-refractivity contribution >= 4 is 11.6 Å². The van der Waals surface area contributed by atoms with E-state index in [2.05, 4.69) is 5.32 Å². The van der Waals surface area contributed by atoms with Crippen LogP contribution in [0.15, 0.2) is 24.3 Å². The number of nitrogens with one attached hydrogen (secondary N) is 1. The molecule has 1 aromatic rings. The Morgan fingerprint density at radius 3 is 2.56 bits per heavy atom. The molecule has 0 fully saturated rings. The number of rotatable bonds is 7. The number of benzene rings is 1. The lowest BCUT2D eigenvalue weighted by molar-refractivity contribution is -0.117. The zero-order valence-corrected chi connectivity index (χ0v) is 10.8. The van der Waals surface area contributed by atoms with Crippen LogP contribution >= 0.6 is 0 Å². The van der Waals surface area contributed by atoms with Crippen LogP contribution in [0.25, 0.3) is 0 Å². The molecule has 5 heteroatoms. The van der Waals surface area contributed by atoms with Gasteiger partial charge in [0.15, 0.2) is 0 Å². The van der Waals surface area contributed by atoms with Gasteiger partial charge in [0.05, 0.1) is 12.6 Å². The molecule has 0 aliphatic carbocycles. The van der Waals surface area contributed by atoms with Crippen molar-refractivity contribution in [1.82, 2.24) is 0 Å². The summed E-state index contributed by atoms with van der Waals surface area (Å²) in [5, 5.41) is 2.74. The molecule has 1 aromatic carbocycles. The van der Waals surface area contributed by atoms with Crippen molar-refractivity contribution in [2.75, 3.05) is 25.6 Å². The van der Waals surface area contributed by atoms with Gasteiger partial charge in [-0.1, -0.05) is 6.92 Å². The normalized spacial score (nSPS) is 11.9. The van der Waals surface area contributed by atoms with Crippen LogP contribution in [-0.4, -0.2) is 32.3 Å². The lowest BCUT2D eigenvalue weighted by atomic mass is 10.2. The molecule has 1 atom stereocenters. The molecule has 1 unspecified atom stereocenters. The number of amides is 1. The highest BCUT2D eigenvalue weighted by molar-refractivity contribution is 5.94. The van der Waals surface area contributed by atoms with Gasteiger partial charge in [0.1, 0.15) is 12.4 Å². The maximum Gasteiger partial charge on any atom is 0.241 e. The van der Waals surface area contributed by atoms with Crippen LogP contribution in [0.5, 0.6) is 5.75 Å². The van der Waals surface area contributed by atoms with Crippen molar-refractivity contribution in [1.29, 1.82) is 0 Å². The zero-order chi connectivity index (χ0) is 13.4. The molecule has 18 heavy (non-hydrogen) atoms. The summed E-state index contributed by atoms with van der Waals surface area (Å²) in [5.74, 6) is 0.565. The number of anilines is 1. The quantitative estimate of drug-likeness (QED) is 0.719. The molecule has 0 aliphatic heterocycles. The first-order valence-electron chi connectivity index (χ1n) is 5.95. The van der Waals surface area contributed by atoms with Crippen molar-refractivity contribution in [2.24, 2.45) is 5.73 Å². The second kappa shape index (κ2) is 7.68. The van der Waals surface area contributed by atoms with Gasteiger partial charge in [-0.25, -0.2) is 0 Å². The van der Waals surface area contributed by atoms with E-state index in [1.807, 2.05) is 6.92 Å². The molecule has 0 aliphatic rings. The standard InChI is InChI=1S/C13H20N2O3/c1-3-12(14)13(16)15-10-4-6-11(7-5-10)18-9-8-17-2/h4-7,12H,3,8-9,14H2,1-2H3,(H,15,16). The summed E-state index contributed by atoms with van der Waals surface area (Å²) in [4.78, 5) is 11.6. The number of methoxy groups -OCH3 is 1. The molecule has 0 radical (unpaired) electrons. The van der Waals surface area contributed by atoms with Gasteiger partial charge >= 0.3 is 0 Å². The number of hydrogen-bond acceptors (Lipinski definition) is 4.